The van der Waals surface area contributed by atoms with Crippen molar-refractivity contribution in [3.05, 3.63) is 30.0 Å². The third-order valence-corrected chi connectivity index (χ3v) is 9.55. The third kappa shape index (κ3) is 5.88. The molecule has 5 rings (SSSR count). The van der Waals surface area contributed by atoms with Crippen molar-refractivity contribution < 1.29 is 33.0 Å². The molecule has 2 amide bonds. The Bertz CT molecular complexity index is 1220. The van der Waals surface area contributed by atoms with Gasteiger partial charge in [0.15, 0.2) is 0 Å². The van der Waals surface area contributed by atoms with Crippen LogP contribution in [0.15, 0.2) is 28.7 Å². The quantitative estimate of drug-likeness (QED) is 0.432. The van der Waals surface area contributed by atoms with Crippen molar-refractivity contribution in [2.75, 3.05) is 25.6 Å². The monoisotopic (exact) mass is 557 g/mol. The largest absolute Gasteiger partial charge is 0.475 e. The summed E-state index contributed by atoms with van der Waals surface area (Å²) in [5, 5.41) is 12.8. The highest BCUT2D eigenvalue weighted by atomic mass is 19.1. The van der Waals surface area contributed by atoms with E-state index in [1.54, 1.807) is 30.2 Å². The van der Waals surface area contributed by atoms with E-state index in [0.29, 0.717) is 42.0 Å². The predicted octanol–water partition coefficient (Wildman–Crippen LogP) is 4.60. The Morgan fingerprint density at radius 2 is 1.82 bits per heavy atom. The van der Waals surface area contributed by atoms with Crippen LogP contribution in [-0.2, 0) is 14.3 Å². The van der Waals surface area contributed by atoms with Crippen molar-refractivity contribution in [2.24, 2.45) is 29.4 Å². The number of carbonyl (C=O) groups excluding carboxylic acids is 2. The molecule has 1 aromatic carbocycles. The fourth-order valence-corrected chi connectivity index (χ4v) is 7.24. The predicted molar refractivity (Wildman–Crippen MR) is 148 cm³/mol. The van der Waals surface area contributed by atoms with Gasteiger partial charge in [0.1, 0.15) is 18.3 Å². The molecular formula is C30H40FN3O6. The lowest BCUT2D eigenvalue weighted by Crippen LogP contribution is -2.50. The summed E-state index contributed by atoms with van der Waals surface area (Å²) in [5.41, 5.74) is 6.88. The maximum absolute atomic E-state index is 13.9. The van der Waals surface area contributed by atoms with Crippen LogP contribution in [-0.4, -0.2) is 66.3 Å². The topological polar surface area (TPSA) is 135 Å². The minimum atomic E-state index is -1.16. The molecule has 1 aliphatic heterocycles. The van der Waals surface area contributed by atoms with Gasteiger partial charge >= 0.3 is 5.97 Å². The first-order valence-electron chi connectivity index (χ1n) is 14.5. The highest BCUT2D eigenvalue weighted by Crippen LogP contribution is 2.42. The summed E-state index contributed by atoms with van der Waals surface area (Å²) in [5.74, 6) is -1.25. The number of furan rings is 1. The molecule has 3 aliphatic rings. The molecule has 3 fully saturated rings. The molecule has 0 radical (unpaired) electrons. The first kappa shape index (κ1) is 28.5. The molecule has 40 heavy (non-hydrogen) atoms. The normalized spacial score (nSPS) is 29.8. The van der Waals surface area contributed by atoms with Gasteiger partial charge in [-0.05, 0) is 99.8 Å². The van der Waals surface area contributed by atoms with E-state index < -0.39 is 24.7 Å². The van der Waals surface area contributed by atoms with Crippen molar-refractivity contribution >= 4 is 34.4 Å². The van der Waals surface area contributed by atoms with Crippen LogP contribution in [0.25, 0.3) is 11.0 Å². The van der Waals surface area contributed by atoms with Crippen LogP contribution < -0.4 is 11.1 Å². The fraction of sp³-hybridized carbons (Fsp3) is 0.633. The zero-order valence-electron chi connectivity index (χ0n) is 23.0. The standard InChI is InChI=1S/C30H40FN3O6/c1-39-22-9-6-17(7-10-22)23-12-13-34(29(36)19-4-2-18(3-5-19)24(32)16-31)27(23)28(35)33-21-8-11-25-20(14-21)15-26(40-25)30(37)38/h8,11,14-15,17-19,22-24,27H,2-7,9-10,12-13,16,32H2,1H3,(H,33,35)(H,37,38)/t17?,18-,19-,22?,23-,24-,27-/m1/s1. The number of aromatic carboxylic acids is 1. The Kier molecular flexibility index (Phi) is 8.75. The maximum atomic E-state index is 13.9. The number of hydrogen-bond acceptors (Lipinski definition) is 6. The summed E-state index contributed by atoms with van der Waals surface area (Å²) < 4.78 is 24.0. The van der Waals surface area contributed by atoms with Crippen molar-refractivity contribution in [2.45, 2.75) is 76.0 Å². The number of ether oxygens (including phenoxy) is 1. The van der Waals surface area contributed by atoms with Crippen LogP contribution in [0, 0.1) is 23.7 Å². The van der Waals surface area contributed by atoms with Crippen LogP contribution in [0.5, 0.6) is 0 Å². The number of nitrogens with zero attached hydrogens (tertiary/aromatic N) is 1. The molecule has 218 valence electrons. The lowest BCUT2D eigenvalue weighted by molar-refractivity contribution is -0.142. The van der Waals surface area contributed by atoms with E-state index in [0.717, 1.165) is 44.9 Å². The number of carboxylic acid groups (broad SMARTS) is 1. The second-order valence-electron chi connectivity index (χ2n) is 11.8. The van der Waals surface area contributed by atoms with Gasteiger partial charge in [0.25, 0.3) is 0 Å². The molecule has 4 N–H and O–H groups in total. The van der Waals surface area contributed by atoms with E-state index in [1.807, 2.05) is 0 Å². The van der Waals surface area contributed by atoms with E-state index >= 15 is 0 Å². The molecule has 0 spiro atoms. The summed E-state index contributed by atoms with van der Waals surface area (Å²) in [6.07, 6.45) is 7.59. The summed E-state index contributed by atoms with van der Waals surface area (Å²) in [7, 11) is 1.74. The van der Waals surface area contributed by atoms with Gasteiger partial charge in [-0.25, -0.2) is 9.18 Å². The van der Waals surface area contributed by atoms with Crippen LogP contribution in [0.3, 0.4) is 0 Å². The minimum Gasteiger partial charge on any atom is -0.475 e. The van der Waals surface area contributed by atoms with Gasteiger partial charge < -0.3 is 30.2 Å². The number of likely N-dealkylation sites (tertiary alicyclic amines) is 1. The molecule has 1 saturated heterocycles. The fourth-order valence-electron chi connectivity index (χ4n) is 7.24. The molecule has 3 atom stereocenters. The van der Waals surface area contributed by atoms with E-state index in [9.17, 15) is 23.9 Å². The summed E-state index contributed by atoms with van der Waals surface area (Å²) in [4.78, 5) is 40.8. The Hall–Kier alpha value is -2.98. The first-order valence-corrected chi connectivity index (χ1v) is 14.5. The molecule has 9 nitrogen and oxygen atoms in total. The number of methoxy groups -OCH3 is 1. The molecule has 2 saturated carbocycles. The number of anilines is 1. The van der Waals surface area contributed by atoms with E-state index in [1.165, 1.54) is 6.07 Å². The Morgan fingerprint density at radius 1 is 1.10 bits per heavy atom. The summed E-state index contributed by atoms with van der Waals surface area (Å²) in [6, 6.07) is 5.38. The number of carbonyl (C=O) groups is 3. The van der Waals surface area contributed by atoms with Crippen molar-refractivity contribution in [1.29, 1.82) is 0 Å². The van der Waals surface area contributed by atoms with Crippen molar-refractivity contribution in [3.8, 4) is 0 Å². The number of alkyl halides is 1. The second kappa shape index (κ2) is 12.3. The molecular weight excluding hydrogens is 517 g/mol. The van der Waals surface area contributed by atoms with E-state index in [4.69, 9.17) is 14.9 Å². The number of amides is 2. The molecule has 0 unspecified atom stereocenters. The highest BCUT2D eigenvalue weighted by molar-refractivity contribution is 6.00. The minimum absolute atomic E-state index is 0.0110. The number of hydrogen-bond donors (Lipinski definition) is 3. The molecule has 2 heterocycles. The molecule has 0 bridgehead atoms. The number of nitrogens with two attached hydrogens (primary N) is 1. The molecule has 2 aliphatic carbocycles. The Morgan fingerprint density at radius 3 is 2.48 bits per heavy atom. The number of nitrogens with one attached hydrogen (secondary N) is 1. The smallest absolute Gasteiger partial charge is 0.371 e. The number of carboxylic acids is 1. The lowest BCUT2D eigenvalue weighted by atomic mass is 9.75. The van der Waals surface area contributed by atoms with Crippen LogP contribution in [0.1, 0.15) is 68.3 Å². The van der Waals surface area contributed by atoms with Crippen LogP contribution in [0.2, 0.25) is 0 Å². The number of rotatable bonds is 8. The van der Waals surface area contributed by atoms with Crippen molar-refractivity contribution in [1.82, 2.24) is 4.90 Å². The highest BCUT2D eigenvalue weighted by Gasteiger charge is 2.47. The number of fused-ring (bicyclic) bond motifs is 1. The molecule has 2 aromatic rings. The zero-order valence-corrected chi connectivity index (χ0v) is 23.0. The Labute approximate surface area is 233 Å². The molecule has 10 heteroatoms. The van der Waals surface area contributed by atoms with Gasteiger partial charge in [-0.2, -0.15) is 0 Å². The van der Waals surface area contributed by atoms with Crippen molar-refractivity contribution in [3.63, 3.8) is 0 Å². The summed E-state index contributed by atoms with van der Waals surface area (Å²) >= 11 is 0. The SMILES string of the molecule is COC1CCC([C@H]2CCN(C(=O)[C@H]3CC[C@H]([C@H](N)CF)CC3)[C@H]2C(=O)Nc2ccc3oc(C(=O)O)cc3c2)CC1. The van der Waals surface area contributed by atoms with E-state index in [2.05, 4.69) is 5.32 Å². The zero-order chi connectivity index (χ0) is 28.4. The van der Waals surface area contributed by atoms with Gasteiger partial charge in [-0.3, -0.25) is 9.59 Å². The lowest BCUT2D eigenvalue weighted by Gasteiger charge is -2.37. The number of halogens is 1. The van der Waals surface area contributed by atoms with Gasteiger partial charge in [-0.1, -0.05) is 0 Å². The maximum Gasteiger partial charge on any atom is 0.371 e. The summed E-state index contributed by atoms with van der Waals surface area (Å²) in [6.45, 7) is -0.00860. The average molecular weight is 558 g/mol. The second-order valence-corrected chi connectivity index (χ2v) is 11.8. The van der Waals surface area contributed by atoms with E-state index in [-0.39, 0.29) is 41.4 Å². The van der Waals surface area contributed by atoms with Gasteiger partial charge in [0.2, 0.25) is 17.6 Å². The van der Waals surface area contributed by atoms with Gasteiger partial charge in [0, 0.05) is 36.7 Å². The first-order chi connectivity index (χ1) is 19.3. The van der Waals surface area contributed by atoms with Gasteiger partial charge in [-0.15, -0.1) is 0 Å². The van der Waals surface area contributed by atoms with Crippen LogP contribution >= 0.6 is 0 Å². The number of benzene rings is 1. The third-order valence-electron chi connectivity index (χ3n) is 9.55. The van der Waals surface area contributed by atoms with Gasteiger partial charge in [0.05, 0.1) is 6.10 Å². The van der Waals surface area contributed by atoms with Crippen LogP contribution in [0.4, 0.5) is 10.1 Å². The molecule has 1 aromatic heterocycles. The average Bonchev–Trinajstić information content (AvgIpc) is 3.61. The Balaban J connectivity index is 1.34.